The zero-order valence-corrected chi connectivity index (χ0v) is 10.6. The number of nitrogens with zero attached hydrogens (tertiary/aromatic N) is 1. The zero-order chi connectivity index (χ0) is 12.7. The Hall–Kier alpha value is -1.55. The summed E-state index contributed by atoms with van der Waals surface area (Å²) in [5.41, 5.74) is 0.552. The molecule has 0 spiro atoms. The summed E-state index contributed by atoms with van der Waals surface area (Å²) in [6, 6.07) is 5.18. The van der Waals surface area contributed by atoms with Crippen LogP contribution in [0.4, 0.5) is 0 Å². The first-order valence-corrected chi connectivity index (χ1v) is 5.58. The van der Waals surface area contributed by atoms with Crippen molar-refractivity contribution in [2.75, 3.05) is 34.4 Å². The molecular formula is C13H19NO3. The van der Waals surface area contributed by atoms with Crippen LogP contribution in [-0.2, 0) is 0 Å². The van der Waals surface area contributed by atoms with Crippen molar-refractivity contribution in [3.05, 3.63) is 23.8 Å². The third-order valence-corrected chi connectivity index (χ3v) is 2.35. The van der Waals surface area contributed by atoms with E-state index >= 15 is 0 Å². The van der Waals surface area contributed by atoms with Crippen LogP contribution in [0.2, 0.25) is 0 Å². The van der Waals surface area contributed by atoms with E-state index in [0.717, 1.165) is 19.3 Å². The van der Waals surface area contributed by atoms with Gasteiger partial charge in [0.25, 0.3) is 0 Å². The average Bonchev–Trinajstić information content (AvgIpc) is 2.34. The monoisotopic (exact) mass is 237 g/mol. The van der Waals surface area contributed by atoms with Gasteiger partial charge in [0.1, 0.15) is 11.5 Å². The number of rotatable bonds is 7. The van der Waals surface area contributed by atoms with E-state index in [2.05, 4.69) is 4.90 Å². The largest absolute Gasteiger partial charge is 0.497 e. The first-order valence-electron chi connectivity index (χ1n) is 5.58. The number of hydrogen-bond donors (Lipinski definition) is 0. The second kappa shape index (κ2) is 6.91. The molecule has 0 heterocycles. The van der Waals surface area contributed by atoms with Crippen LogP contribution in [0.15, 0.2) is 18.2 Å². The standard InChI is InChI=1S/C13H19NO3/c1-14(2)7-4-8-17-13-9-12(16-3)6-5-11(13)10-15/h5-6,9-10H,4,7-8H2,1-3H3. The van der Waals surface area contributed by atoms with Crippen molar-refractivity contribution in [3.63, 3.8) is 0 Å². The Morgan fingerprint density at radius 2 is 2.12 bits per heavy atom. The Bertz CT molecular complexity index is 364. The predicted octanol–water partition coefficient (Wildman–Crippen LogP) is 1.84. The van der Waals surface area contributed by atoms with Crippen molar-refractivity contribution in [3.8, 4) is 11.5 Å². The highest BCUT2D eigenvalue weighted by Crippen LogP contribution is 2.23. The summed E-state index contributed by atoms with van der Waals surface area (Å²) >= 11 is 0. The van der Waals surface area contributed by atoms with Crippen LogP contribution in [0.3, 0.4) is 0 Å². The molecule has 4 nitrogen and oxygen atoms in total. The van der Waals surface area contributed by atoms with E-state index in [-0.39, 0.29) is 0 Å². The van der Waals surface area contributed by atoms with E-state index in [1.54, 1.807) is 25.3 Å². The highest BCUT2D eigenvalue weighted by atomic mass is 16.5. The molecule has 0 saturated heterocycles. The summed E-state index contributed by atoms with van der Waals surface area (Å²) in [5.74, 6) is 1.27. The Kier molecular flexibility index (Phi) is 5.49. The van der Waals surface area contributed by atoms with Gasteiger partial charge in [-0.15, -0.1) is 0 Å². The van der Waals surface area contributed by atoms with Crippen molar-refractivity contribution < 1.29 is 14.3 Å². The molecule has 17 heavy (non-hydrogen) atoms. The molecule has 0 N–H and O–H groups in total. The van der Waals surface area contributed by atoms with Gasteiger partial charge >= 0.3 is 0 Å². The molecule has 0 aromatic heterocycles. The Labute approximate surface area is 102 Å². The normalized spacial score (nSPS) is 10.4. The lowest BCUT2D eigenvalue weighted by atomic mass is 10.2. The number of ether oxygens (including phenoxy) is 2. The van der Waals surface area contributed by atoms with Crippen LogP contribution in [0, 0.1) is 0 Å². The molecular weight excluding hydrogens is 218 g/mol. The lowest BCUT2D eigenvalue weighted by molar-refractivity contribution is 0.111. The molecule has 0 bridgehead atoms. The molecule has 0 amide bonds. The van der Waals surface area contributed by atoms with Gasteiger partial charge in [0, 0.05) is 12.6 Å². The summed E-state index contributed by atoms with van der Waals surface area (Å²) < 4.78 is 10.7. The number of hydrogen-bond acceptors (Lipinski definition) is 4. The van der Waals surface area contributed by atoms with Gasteiger partial charge in [-0.3, -0.25) is 4.79 Å². The van der Waals surface area contributed by atoms with Crippen LogP contribution in [-0.4, -0.2) is 45.5 Å². The summed E-state index contributed by atoms with van der Waals surface area (Å²) in [6.45, 7) is 1.55. The Balaban J connectivity index is 2.58. The molecule has 1 rings (SSSR count). The summed E-state index contributed by atoms with van der Waals surface area (Å²) in [7, 11) is 5.62. The molecule has 1 aromatic rings. The van der Waals surface area contributed by atoms with Gasteiger partial charge in [0.15, 0.2) is 6.29 Å². The number of methoxy groups -OCH3 is 1. The minimum Gasteiger partial charge on any atom is -0.497 e. The SMILES string of the molecule is COc1ccc(C=O)c(OCCCN(C)C)c1. The second-order valence-corrected chi connectivity index (χ2v) is 4.03. The predicted molar refractivity (Wildman–Crippen MR) is 67.0 cm³/mol. The van der Waals surface area contributed by atoms with Crippen LogP contribution >= 0.6 is 0 Å². The van der Waals surface area contributed by atoms with Crippen LogP contribution < -0.4 is 9.47 Å². The molecule has 0 fully saturated rings. The minimum atomic E-state index is 0.552. The molecule has 0 aliphatic rings. The van der Waals surface area contributed by atoms with E-state index in [4.69, 9.17) is 9.47 Å². The Morgan fingerprint density at radius 3 is 2.71 bits per heavy atom. The van der Waals surface area contributed by atoms with Crippen molar-refractivity contribution in [2.24, 2.45) is 0 Å². The van der Waals surface area contributed by atoms with Crippen molar-refractivity contribution in [1.82, 2.24) is 4.90 Å². The van der Waals surface area contributed by atoms with E-state index in [9.17, 15) is 4.79 Å². The molecule has 1 aromatic carbocycles. The second-order valence-electron chi connectivity index (χ2n) is 4.03. The highest BCUT2D eigenvalue weighted by molar-refractivity contribution is 5.79. The molecule has 0 radical (unpaired) electrons. The van der Waals surface area contributed by atoms with Gasteiger partial charge in [0.2, 0.25) is 0 Å². The molecule has 0 aliphatic carbocycles. The number of carbonyl (C=O) groups is 1. The van der Waals surface area contributed by atoms with Gasteiger partial charge in [-0.05, 0) is 32.6 Å². The van der Waals surface area contributed by atoms with E-state index in [1.165, 1.54) is 0 Å². The van der Waals surface area contributed by atoms with Gasteiger partial charge < -0.3 is 14.4 Å². The fraction of sp³-hybridized carbons (Fsp3) is 0.462. The first-order chi connectivity index (χ1) is 8.17. The van der Waals surface area contributed by atoms with Crippen molar-refractivity contribution in [1.29, 1.82) is 0 Å². The maximum atomic E-state index is 10.8. The molecule has 0 saturated carbocycles. The van der Waals surface area contributed by atoms with Crippen molar-refractivity contribution in [2.45, 2.75) is 6.42 Å². The summed E-state index contributed by atoms with van der Waals surface area (Å²) in [5, 5.41) is 0. The zero-order valence-electron chi connectivity index (χ0n) is 10.6. The number of carbonyl (C=O) groups excluding carboxylic acids is 1. The quantitative estimate of drug-likeness (QED) is 0.536. The number of aldehydes is 1. The van der Waals surface area contributed by atoms with E-state index < -0.39 is 0 Å². The highest BCUT2D eigenvalue weighted by Gasteiger charge is 2.05. The van der Waals surface area contributed by atoms with Gasteiger partial charge in [-0.2, -0.15) is 0 Å². The lowest BCUT2D eigenvalue weighted by Crippen LogP contribution is -2.15. The number of benzene rings is 1. The summed E-state index contributed by atoms with van der Waals surface area (Å²) in [4.78, 5) is 12.9. The van der Waals surface area contributed by atoms with Gasteiger partial charge in [0.05, 0.1) is 19.3 Å². The molecule has 0 unspecified atom stereocenters. The fourth-order valence-corrected chi connectivity index (χ4v) is 1.43. The molecule has 94 valence electrons. The van der Waals surface area contributed by atoms with Crippen LogP contribution in [0.1, 0.15) is 16.8 Å². The molecule has 0 atom stereocenters. The minimum absolute atomic E-state index is 0.552. The van der Waals surface area contributed by atoms with E-state index in [0.29, 0.717) is 23.7 Å². The third kappa shape index (κ3) is 4.44. The topological polar surface area (TPSA) is 38.8 Å². The summed E-state index contributed by atoms with van der Waals surface area (Å²) in [6.07, 6.45) is 1.71. The van der Waals surface area contributed by atoms with Crippen molar-refractivity contribution >= 4 is 6.29 Å². The first kappa shape index (κ1) is 13.5. The smallest absolute Gasteiger partial charge is 0.153 e. The van der Waals surface area contributed by atoms with Crippen LogP contribution in [0.25, 0.3) is 0 Å². The Morgan fingerprint density at radius 1 is 1.35 bits per heavy atom. The average molecular weight is 237 g/mol. The fourth-order valence-electron chi connectivity index (χ4n) is 1.43. The molecule has 0 aliphatic heterocycles. The molecule has 4 heteroatoms. The maximum absolute atomic E-state index is 10.8. The lowest BCUT2D eigenvalue weighted by Gasteiger charge is -2.12. The van der Waals surface area contributed by atoms with Gasteiger partial charge in [-0.1, -0.05) is 0 Å². The van der Waals surface area contributed by atoms with E-state index in [1.807, 2.05) is 14.1 Å². The maximum Gasteiger partial charge on any atom is 0.153 e. The third-order valence-electron chi connectivity index (χ3n) is 2.35. The van der Waals surface area contributed by atoms with Crippen LogP contribution in [0.5, 0.6) is 11.5 Å². The van der Waals surface area contributed by atoms with Gasteiger partial charge in [-0.25, -0.2) is 0 Å².